The fourth-order valence-electron chi connectivity index (χ4n) is 3.04. The highest BCUT2D eigenvalue weighted by atomic mass is 16.5. The van der Waals surface area contributed by atoms with Gasteiger partial charge in [0.1, 0.15) is 5.75 Å². The summed E-state index contributed by atoms with van der Waals surface area (Å²) < 4.78 is 5.50. The Kier molecular flexibility index (Phi) is 4.69. The predicted octanol–water partition coefficient (Wildman–Crippen LogP) is 3.36. The molecule has 1 saturated carbocycles. The van der Waals surface area contributed by atoms with Gasteiger partial charge in [0.05, 0.1) is 5.92 Å². The molecule has 1 aromatic carbocycles. The number of ether oxygens (including phenoxy) is 1. The molecule has 1 aliphatic heterocycles. The Balaban J connectivity index is 1.50. The number of benzene rings is 1. The molecule has 0 spiro atoms. The summed E-state index contributed by atoms with van der Waals surface area (Å²) in [6, 6.07) is 7.73. The van der Waals surface area contributed by atoms with Crippen LogP contribution >= 0.6 is 0 Å². The van der Waals surface area contributed by atoms with Crippen LogP contribution in [0.2, 0.25) is 0 Å². The van der Waals surface area contributed by atoms with Gasteiger partial charge in [0.15, 0.2) is 0 Å². The summed E-state index contributed by atoms with van der Waals surface area (Å²) in [4.78, 5) is 26.2. The molecule has 0 aromatic heterocycles. The second-order valence-electron chi connectivity index (χ2n) is 7.02. The van der Waals surface area contributed by atoms with Crippen LogP contribution in [0.5, 0.6) is 5.75 Å². The van der Waals surface area contributed by atoms with Gasteiger partial charge < -0.3 is 9.64 Å². The summed E-state index contributed by atoms with van der Waals surface area (Å²) in [5.74, 6) is 1.35. The third-order valence-electron chi connectivity index (χ3n) is 4.83. The molecule has 0 atom stereocenters. The molecule has 1 aromatic rings. The van der Waals surface area contributed by atoms with Gasteiger partial charge in [-0.15, -0.1) is 0 Å². The van der Waals surface area contributed by atoms with Gasteiger partial charge in [-0.25, -0.2) is 0 Å². The van der Waals surface area contributed by atoms with Crippen LogP contribution in [0.3, 0.4) is 0 Å². The van der Waals surface area contributed by atoms with E-state index in [9.17, 15) is 9.59 Å². The van der Waals surface area contributed by atoms with Gasteiger partial charge in [0, 0.05) is 19.0 Å². The fourth-order valence-corrected chi connectivity index (χ4v) is 3.04. The third kappa shape index (κ3) is 3.92. The van der Waals surface area contributed by atoms with E-state index in [-0.39, 0.29) is 23.7 Å². The van der Waals surface area contributed by atoms with E-state index in [2.05, 4.69) is 13.8 Å². The van der Waals surface area contributed by atoms with Gasteiger partial charge in [-0.1, -0.05) is 26.0 Å². The number of rotatable bonds is 4. The number of likely N-dealkylation sites (tertiary alicyclic amines) is 1. The number of nitrogens with zero attached hydrogens (tertiary/aromatic N) is 1. The summed E-state index contributed by atoms with van der Waals surface area (Å²) in [6.07, 6.45) is 3.49. The van der Waals surface area contributed by atoms with Gasteiger partial charge in [0.2, 0.25) is 5.91 Å². The number of hydrogen-bond acceptors (Lipinski definition) is 3. The van der Waals surface area contributed by atoms with Crippen molar-refractivity contribution in [1.82, 2.24) is 4.90 Å². The van der Waals surface area contributed by atoms with Gasteiger partial charge >= 0.3 is 5.97 Å². The zero-order chi connectivity index (χ0) is 16.4. The predicted molar refractivity (Wildman–Crippen MR) is 88.2 cm³/mol. The molecule has 0 radical (unpaired) electrons. The van der Waals surface area contributed by atoms with E-state index in [1.165, 1.54) is 5.56 Å². The Hall–Kier alpha value is -1.84. The van der Waals surface area contributed by atoms with Crippen LogP contribution in [-0.2, 0) is 9.59 Å². The highest BCUT2D eigenvalue weighted by Crippen LogP contribution is 2.32. The SMILES string of the molecule is CC(C)c1ccc(OC(=O)C2CCN(C(=O)C3CC3)CC2)cc1. The Bertz CT molecular complexity index is 567. The van der Waals surface area contributed by atoms with Gasteiger partial charge in [-0.2, -0.15) is 0 Å². The molecule has 0 bridgehead atoms. The lowest BCUT2D eigenvalue weighted by atomic mass is 9.96. The molecule has 0 unspecified atom stereocenters. The number of hydrogen-bond donors (Lipinski definition) is 0. The van der Waals surface area contributed by atoms with Crippen molar-refractivity contribution in [3.8, 4) is 5.75 Å². The maximum absolute atomic E-state index is 12.3. The lowest BCUT2D eigenvalue weighted by Crippen LogP contribution is -2.41. The van der Waals surface area contributed by atoms with E-state index in [0.29, 0.717) is 37.6 Å². The van der Waals surface area contributed by atoms with Gasteiger partial charge in [0.25, 0.3) is 0 Å². The van der Waals surface area contributed by atoms with Crippen molar-refractivity contribution in [1.29, 1.82) is 0 Å². The molecule has 2 aliphatic rings. The average Bonchev–Trinajstić information content (AvgIpc) is 3.40. The summed E-state index contributed by atoms with van der Waals surface area (Å²) in [5.41, 5.74) is 1.23. The molecule has 23 heavy (non-hydrogen) atoms. The van der Waals surface area contributed by atoms with Crippen LogP contribution in [0, 0.1) is 11.8 Å². The zero-order valence-corrected chi connectivity index (χ0v) is 14.0. The molecule has 4 heteroatoms. The Morgan fingerprint density at radius 1 is 1.00 bits per heavy atom. The minimum absolute atomic E-state index is 0.0944. The number of amides is 1. The number of carbonyl (C=O) groups excluding carboxylic acids is 2. The average molecular weight is 315 g/mol. The second kappa shape index (κ2) is 6.73. The normalized spacial score (nSPS) is 19.0. The summed E-state index contributed by atoms with van der Waals surface area (Å²) in [5, 5.41) is 0. The largest absolute Gasteiger partial charge is 0.426 e. The van der Waals surface area contributed by atoms with E-state index in [1.807, 2.05) is 29.2 Å². The first kappa shape index (κ1) is 16.0. The van der Waals surface area contributed by atoms with E-state index in [4.69, 9.17) is 4.74 Å². The van der Waals surface area contributed by atoms with Crippen molar-refractivity contribution in [2.45, 2.75) is 45.4 Å². The van der Waals surface area contributed by atoms with Crippen molar-refractivity contribution in [2.24, 2.45) is 11.8 Å². The Labute approximate surface area is 137 Å². The molecule has 1 aliphatic carbocycles. The molecular formula is C19H25NO3. The Morgan fingerprint density at radius 2 is 1.61 bits per heavy atom. The monoisotopic (exact) mass is 315 g/mol. The molecule has 0 N–H and O–H groups in total. The quantitative estimate of drug-likeness (QED) is 0.632. The minimum atomic E-state index is -0.166. The summed E-state index contributed by atoms with van der Waals surface area (Å²) in [7, 11) is 0. The zero-order valence-electron chi connectivity index (χ0n) is 14.0. The molecule has 4 nitrogen and oxygen atoms in total. The molecule has 124 valence electrons. The van der Waals surface area contributed by atoms with Crippen LogP contribution in [0.1, 0.15) is 51.0 Å². The second-order valence-corrected chi connectivity index (χ2v) is 7.02. The summed E-state index contributed by atoms with van der Waals surface area (Å²) >= 11 is 0. The third-order valence-corrected chi connectivity index (χ3v) is 4.83. The van der Waals surface area contributed by atoms with Gasteiger partial charge in [-0.05, 0) is 49.3 Å². The minimum Gasteiger partial charge on any atom is -0.426 e. The van der Waals surface area contributed by atoms with E-state index >= 15 is 0 Å². The van der Waals surface area contributed by atoms with E-state index in [1.54, 1.807) is 0 Å². The fraction of sp³-hybridized carbons (Fsp3) is 0.579. The first-order chi connectivity index (χ1) is 11.0. The van der Waals surface area contributed by atoms with E-state index in [0.717, 1.165) is 12.8 Å². The van der Waals surface area contributed by atoms with Crippen LogP contribution in [0.15, 0.2) is 24.3 Å². The van der Waals surface area contributed by atoms with Crippen LogP contribution in [-0.4, -0.2) is 29.9 Å². The number of piperidine rings is 1. The van der Waals surface area contributed by atoms with Crippen molar-refractivity contribution in [2.75, 3.05) is 13.1 Å². The van der Waals surface area contributed by atoms with Gasteiger partial charge in [-0.3, -0.25) is 9.59 Å². The highest BCUT2D eigenvalue weighted by Gasteiger charge is 2.36. The maximum Gasteiger partial charge on any atom is 0.314 e. The molecular weight excluding hydrogens is 290 g/mol. The molecule has 1 saturated heterocycles. The lowest BCUT2D eigenvalue weighted by Gasteiger charge is -2.31. The molecule has 2 fully saturated rings. The first-order valence-corrected chi connectivity index (χ1v) is 8.65. The lowest BCUT2D eigenvalue weighted by molar-refractivity contribution is -0.143. The molecule has 3 rings (SSSR count). The van der Waals surface area contributed by atoms with Crippen LogP contribution in [0.4, 0.5) is 0 Å². The van der Waals surface area contributed by atoms with Crippen LogP contribution in [0.25, 0.3) is 0 Å². The number of carbonyl (C=O) groups is 2. The number of esters is 1. The highest BCUT2D eigenvalue weighted by molar-refractivity contribution is 5.81. The topological polar surface area (TPSA) is 46.6 Å². The maximum atomic E-state index is 12.3. The molecule has 1 amide bonds. The standard InChI is InChI=1S/C19H25NO3/c1-13(2)14-5-7-17(8-6-14)23-19(22)16-9-11-20(12-10-16)18(21)15-3-4-15/h5-8,13,15-16H,3-4,9-12H2,1-2H3. The van der Waals surface area contributed by atoms with Crippen molar-refractivity contribution < 1.29 is 14.3 Å². The van der Waals surface area contributed by atoms with Crippen molar-refractivity contribution >= 4 is 11.9 Å². The Morgan fingerprint density at radius 3 is 2.13 bits per heavy atom. The van der Waals surface area contributed by atoms with E-state index < -0.39 is 0 Å². The first-order valence-electron chi connectivity index (χ1n) is 8.65. The van der Waals surface area contributed by atoms with Crippen LogP contribution < -0.4 is 4.74 Å². The molecule has 1 heterocycles. The smallest absolute Gasteiger partial charge is 0.314 e. The van der Waals surface area contributed by atoms with Crippen molar-refractivity contribution in [3.05, 3.63) is 29.8 Å². The summed E-state index contributed by atoms with van der Waals surface area (Å²) in [6.45, 7) is 5.64. The van der Waals surface area contributed by atoms with Crippen molar-refractivity contribution in [3.63, 3.8) is 0 Å².